The van der Waals surface area contributed by atoms with Crippen LogP contribution in [0.5, 0.6) is 0 Å². The molecule has 6 nitrogen and oxygen atoms in total. The first-order valence-corrected chi connectivity index (χ1v) is 26.9. The average Bonchev–Trinajstić information content (AvgIpc) is 3.23. The number of rotatable bonds is 49. The van der Waals surface area contributed by atoms with Gasteiger partial charge in [-0.15, -0.1) is 0 Å². The summed E-state index contributed by atoms with van der Waals surface area (Å²) in [6.45, 7) is 8.99. The molecule has 0 saturated heterocycles. The van der Waals surface area contributed by atoms with Crippen LogP contribution in [0.1, 0.15) is 304 Å². The molecule has 0 radical (unpaired) electrons. The first-order valence-electron chi connectivity index (χ1n) is 26.9. The van der Waals surface area contributed by atoms with Crippen molar-refractivity contribution in [1.29, 1.82) is 0 Å². The Labute approximate surface area is 374 Å². The molecule has 0 aliphatic carbocycles. The highest BCUT2D eigenvalue weighted by molar-refractivity contribution is 5.71. The van der Waals surface area contributed by atoms with Crippen LogP contribution in [-0.2, 0) is 28.6 Å². The van der Waals surface area contributed by atoms with E-state index in [9.17, 15) is 14.4 Å². The van der Waals surface area contributed by atoms with Gasteiger partial charge in [0, 0.05) is 19.3 Å². The summed E-state index contributed by atoms with van der Waals surface area (Å²) in [5, 5.41) is 0. The maximum Gasteiger partial charge on any atom is 0.306 e. The van der Waals surface area contributed by atoms with Crippen molar-refractivity contribution < 1.29 is 28.6 Å². The lowest BCUT2D eigenvalue weighted by molar-refractivity contribution is -0.167. The highest BCUT2D eigenvalue weighted by atomic mass is 16.6. The second-order valence-corrected chi connectivity index (χ2v) is 19.0. The third kappa shape index (κ3) is 47.5. The number of carbonyl (C=O) groups is 3. The SMILES string of the molecule is CCCCCCCCCCCCCCCCCCCC(=O)O[C@H](COC(=O)CCCCCCCCCCCCCCCCC)COC(=O)CCCCCCCCCC(C)C. The molecule has 60 heavy (non-hydrogen) atoms. The van der Waals surface area contributed by atoms with Crippen molar-refractivity contribution in [3.8, 4) is 0 Å². The van der Waals surface area contributed by atoms with Crippen LogP contribution in [0.2, 0.25) is 0 Å². The standard InChI is InChI=1S/C54H104O6/c1-5-7-9-11-13-15-17-19-21-22-24-26-28-30-34-39-43-47-54(57)60-51(49-59-53(56)46-42-38-35-31-32-36-40-44-50(3)4)48-58-52(55)45-41-37-33-29-27-25-23-20-18-16-14-12-10-8-6-2/h50-51H,5-49H2,1-4H3/t51-/m1/s1. The summed E-state index contributed by atoms with van der Waals surface area (Å²) in [7, 11) is 0. The van der Waals surface area contributed by atoms with Gasteiger partial charge in [0.15, 0.2) is 6.10 Å². The maximum absolute atomic E-state index is 12.8. The summed E-state index contributed by atoms with van der Waals surface area (Å²) in [4.78, 5) is 37.9. The van der Waals surface area contributed by atoms with E-state index in [1.165, 1.54) is 199 Å². The Balaban J connectivity index is 4.27. The smallest absolute Gasteiger partial charge is 0.306 e. The van der Waals surface area contributed by atoms with E-state index in [2.05, 4.69) is 27.7 Å². The fourth-order valence-corrected chi connectivity index (χ4v) is 8.22. The van der Waals surface area contributed by atoms with E-state index in [0.29, 0.717) is 19.3 Å². The molecular formula is C54H104O6. The van der Waals surface area contributed by atoms with E-state index >= 15 is 0 Å². The minimum absolute atomic E-state index is 0.0630. The van der Waals surface area contributed by atoms with Gasteiger partial charge in [-0.3, -0.25) is 14.4 Å². The number of hydrogen-bond acceptors (Lipinski definition) is 6. The van der Waals surface area contributed by atoms with Crippen LogP contribution < -0.4 is 0 Å². The molecule has 0 rings (SSSR count). The zero-order chi connectivity index (χ0) is 43.8. The van der Waals surface area contributed by atoms with Crippen LogP contribution in [0, 0.1) is 5.92 Å². The molecule has 0 aromatic rings. The lowest BCUT2D eigenvalue weighted by Gasteiger charge is -2.18. The molecule has 1 atom stereocenters. The lowest BCUT2D eigenvalue weighted by atomic mass is 10.0. The zero-order valence-electron chi connectivity index (χ0n) is 40.9. The molecule has 0 bridgehead atoms. The van der Waals surface area contributed by atoms with Crippen molar-refractivity contribution in [2.45, 2.75) is 310 Å². The van der Waals surface area contributed by atoms with E-state index in [-0.39, 0.29) is 31.1 Å². The van der Waals surface area contributed by atoms with Crippen molar-refractivity contribution >= 4 is 17.9 Å². The topological polar surface area (TPSA) is 78.9 Å². The molecule has 0 aliphatic heterocycles. The monoisotopic (exact) mass is 849 g/mol. The van der Waals surface area contributed by atoms with Gasteiger partial charge in [0.1, 0.15) is 13.2 Å². The van der Waals surface area contributed by atoms with Crippen LogP contribution >= 0.6 is 0 Å². The quantitative estimate of drug-likeness (QED) is 0.0345. The van der Waals surface area contributed by atoms with E-state index in [1.54, 1.807) is 0 Å². The molecule has 0 aromatic carbocycles. The summed E-state index contributed by atoms with van der Waals surface area (Å²) in [6.07, 6.45) is 51.0. The van der Waals surface area contributed by atoms with Crippen molar-refractivity contribution in [1.82, 2.24) is 0 Å². The minimum Gasteiger partial charge on any atom is -0.462 e. The van der Waals surface area contributed by atoms with E-state index in [4.69, 9.17) is 14.2 Å². The Hall–Kier alpha value is -1.59. The fourth-order valence-electron chi connectivity index (χ4n) is 8.22. The van der Waals surface area contributed by atoms with Gasteiger partial charge in [0.2, 0.25) is 0 Å². The highest BCUT2D eigenvalue weighted by Crippen LogP contribution is 2.17. The van der Waals surface area contributed by atoms with Crippen LogP contribution in [0.15, 0.2) is 0 Å². The summed E-state index contributed by atoms with van der Waals surface area (Å²) in [5.41, 5.74) is 0. The third-order valence-electron chi connectivity index (χ3n) is 12.3. The van der Waals surface area contributed by atoms with Gasteiger partial charge in [-0.1, -0.05) is 265 Å². The molecule has 0 N–H and O–H groups in total. The molecule has 0 saturated carbocycles. The first kappa shape index (κ1) is 58.4. The highest BCUT2D eigenvalue weighted by Gasteiger charge is 2.19. The van der Waals surface area contributed by atoms with Gasteiger partial charge < -0.3 is 14.2 Å². The van der Waals surface area contributed by atoms with Crippen LogP contribution in [0.25, 0.3) is 0 Å². The lowest BCUT2D eigenvalue weighted by Crippen LogP contribution is -2.30. The third-order valence-corrected chi connectivity index (χ3v) is 12.3. The Bertz CT molecular complexity index is 903. The molecule has 6 heteroatoms. The molecule has 0 spiro atoms. The summed E-state index contributed by atoms with van der Waals surface area (Å²) >= 11 is 0. The van der Waals surface area contributed by atoms with E-state index in [1.807, 2.05) is 0 Å². The number of hydrogen-bond donors (Lipinski definition) is 0. The van der Waals surface area contributed by atoms with Gasteiger partial charge in [-0.2, -0.15) is 0 Å². The molecule has 0 amide bonds. The summed E-state index contributed by atoms with van der Waals surface area (Å²) < 4.78 is 16.8. The molecular weight excluding hydrogens is 745 g/mol. The van der Waals surface area contributed by atoms with Crippen LogP contribution in [-0.4, -0.2) is 37.2 Å². The van der Waals surface area contributed by atoms with E-state index < -0.39 is 6.10 Å². The van der Waals surface area contributed by atoms with E-state index in [0.717, 1.165) is 63.7 Å². The Morgan fingerprint density at radius 1 is 0.317 bits per heavy atom. The normalized spacial score (nSPS) is 11.9. The van der Waals surface area contributed by atoms with Gasteiger partial charge in [0.05, 0.1) is 0 Å². The number of esters is 3. The number of carbonyl (C=O) groups excluding carboxylic acids is 3. The molecule has 0 aliphatic rings. The van der Waals surface area contributed by atoms with Crippen molar-refractivity contribution in [2.75, 3.05) is 13.2 Å². The molecule has 0 unspecified atom stereocenters. The molecule has 356 valence electrons. The number of ether oxygens (including phenoxy) is 3. The van der Waals surface area contributed by atoms with Gasteiger partial charge in [-0.05, 0) is 25.2 Å². The van der Waals surface area contributed by atoms with Crippen molar-refractivity contribution in [3.05, 3.63) is 0 Å². The Kier molecular flexibility index (Phi) is 47.2. The van der Waals surface area contributed by atoms with Crippen molar-refractivity contribution in [3.63, 3.8) is 0 Å². The predicted molar refractivity (Wildman–Crippen MR) is 257 cm³/mol. The fraction of sp³-hybridized carbons (Fsp3) is 0.944. The van der Waals surface area contributed by atoms with Crippen molar-refractivity contribution in [2.24, 2.45) is 5.92 Å². The maximum atomic E-state index is 12.8. The van der Waals surface area contributed by atoms with Crippen LogP contribution in [0.4, 0.5) is 0 Å². The first-order chi connectivity index (χ1) is 29.4. The van der Waals surface area contributed by atoms with Gasteiger partial charge in [-0.25, -0.2) is 0 Å². The second-order valence-electron chi connectivity index (χ2n) is 19.0. The summed E-state index contributed by atoms with van der Waals surface area (Å²) in [5.74, 6) is -0.0630. The molecule has 0 heterocycles. The number of unbranched alkanes of at least 4 members (excludes halogenated alkanes) is 36. The van der Waals surface area contributed by atoms with Gasteiger partial charge in [0.25, 0.3) is 0 Å². The Morgan fingerprint density at radius 3 is 0.817 bits per heavy atom. The average molecular weight is 849 g/mol. The van der Waals surface area contributed by atoms with Crippen LogP contribution in [0.3, 0.4) is 0 Å². The summed E-state index contributed by atoms with van der Waals surface area (Å²) in [6, 6.07) is 0. The Morgan fingerprint density at radius 2 is 0.550 bits per heavy atom. The van der Waals surface area contributed by atoms with Gasteiger partial charge >= 0.3 is 17.9 Å². The zero-order valence-corrected chi connectivity index (χ0v) is 40.9. The second kappa shape index (κ2) is 48.4. The molecule has 0 fully saturated rings. The minimum atomic E-state index is -0.761. The predicted octanol–water partition coefficient (Wildman–Crippen LogP) is 17.5. The largest absolute Gasteiger partial charge is 0.462 e. The molecule has 0 aromatic heterocycles.